The minimum atomic E-state index is -4.13. The summed E-state index contributed by atoms with van der Waals surface area (Å²) in [6.07, 6.45) is 0.459. The minimum absolute atomic E-state index is 0.0674. The smallest absolute Gasteiger partial charge is 0.422 e. The van der Waals surface area contributed by atoms with E-state index in [2.05, 4.69) is 9.71 Å². The van der Waals surface area contributed by atoms with Crippen LogP contribution >= 0.6 is 0 Å². The predicted octanol–water partition coefficient (Wildman–Crippen LogP) is 1.64. The van der Waals surface area contributed by atoms with Gasteiger partial charge in [0.25, 0.3) is 0 Å². The van der Waals surface area contributed by atoms with E-state index < -0.39 is 16.3 Å². The molecule has 0 aliphatic rings. The first-order valence-corrected chi connectivity index (χ1v) is 8.37. The Balaban J connectivity index is 2.00. The third-order valence-corrected chi connectivity index (χ3v) is 4.50. The summed E-state index contributed by atoms with van der Waals surface area (Å²) in [5.74, 6) is 0. The molecule has 0 unspecified atom stereocenters. The van der Waals surface area contributed by atoms with Gasteiger partial charge in [0.05, 0.1) is 6.54 Å². The highest BCUT2D eigenvalue weighted by atomic mass is 32.2. The first-order chi connectivity index (χ1) is 11.0. The second-order valence-corrected chi connectivity index (χ2v) is 6.42. The molecular weight excluding hydrogens is 318 g/mol. The lowest BCUT2D eigenvalue weighted by Gasteiger charge is -2.19. The average Bonchev–Trinajstić information content (AvgIpc) is 2.54. The summed E-state index contributed by atoms with van der Waals surface area (Å²) < 4.78 is 27.0. The summed E-state index contributed by atoms with van der Waals surface area (Å²) in [4.78, 5) is 15.4. The summed E-state index contributed by atoms with van der Waals surface area (Å²) in [7, 11) is -4.13. The molecule has 8 heteroatoms. The SMILES string of the molecule is O=C(O)N(Cc1ccccc1)S(=O)(=O)NCCc1ccccn1. The molecule has 0 aliphatic carbocycles. The summed E-state index contributed by atoms with van der Waals surface area (Å²) in [6.45, 7) is -0.174. The number of hydrogen-bond donors (Lipinski definition) is 2. The number of nitrogens with zero attached hydrogens (tertiary/aromatic N) is 2. The van der Waals surface area contributed by atoms with E-state index in [1.54, 1.807) is 54.7 Å². The Kier molecular flexibility index (Phi) is 5.67. The molecule has 1 aromatic heterocycles. The van der Waals surface area contributed by atoms with Crippen molar-refractivity contribution in [2.75, 3.05) is 6.54 Å². The summed E-state index contributed by atoms with van der Waals surface area (Å²) in [5.41, 5.74) is 1.31. The molecule has 1 heterocycles. The number of pyridine rings is 1. The molecule has 2 N–H and O–H groups in total. The molecule has 0 bridgehead atoms. The van der Waals surface area contributed by atoms with Crippen LogP contribution in [0.5, 0.6) is 0 Å². The van der Waals surface area contributed by atoms with Crippen molar-refractivity contribution in [3.05, 3.63) is 66.0 Å². The van der Waals surface area contributed by atoms with Crippen LogP contribution in [0.4, 0.5) is 4.79 Å². The third-order valence-electron chi connectivity index (χ3n) is 3.06. The Morgan fingerprint density at radius 3 is 2.43 bits per heavy atom. The highest BCUT2D eigenvalue weighted by molar-refractivity contribution is 7.87. The molecule has 2 aromatic rings. The molecule has 7 nitrogen and oxygen atoms in total. The van der Waals surface area contributed by atoms with E-state index in [9.17, 15) is 18.3 Å². The first kappa shape index (κ1) is 16.9. The van der Waals surface area contributed by atoms with Gasteiger partial charge in [0.15, 0.2) is 0 Å². The molecule has 1 aromatic carbocycles. The van der Waals surface area contributed by atoms with E-state index >= 15 is 0 Å². The Labute approximate surface area is 134 Å². The quantitative estimate of drug-likeness (QED) is 0.801. The maximum Gasteiger partial charge on any atom is 0.422 e. The fourth-order valence-electron chi connectivity index (χ4n) is 1.94. The maximum absolute atomic E-state index is 12.2. The van der Waals surface area contributed by atoms with Gasteiger partial charge >= 0.3 is 16.3 Å². The van der Waals surface area contributed by atoms with Crippen molar-refractivity contribution in [3.8, 4) is 0 Å². The average molecular weight is 335 g/mol. The summed E-state index contributed by atoms with van der Waals surface area (Å²) in [5, 5.41) is 9.18. The van der Waals surface area contributed by atoms with Gasteiger partial charge in [0, 0.05) is 24.9 Å². The predicted molar refractivity (Wildman–Crippen MR) is 84.9 cm³/mol. The Morgan fingerprint density at radius 2 is 1.83 bits per heavy atom. The van der Waals surface area contributed by atoms with Crippen LogP contribution in [-0.2, 0) is 23.2 Å². The minimum Gasteiger partial charge on any atom is -0.464 e. The normalized spacial score (nSPS) is 11.1. The molecule has 0 fully saturated rings. The van der Waals surface area contributed by atoms with Crippen LogP contribution in [0.1, 0.15) is 11.3 Å². The van der Waals surface area contributed by atoms with Crippen LogP contribution in [0.2, 0.25) is 0 Å². The summed E-state index contributed by atoms with van der Waals surface area (Å²) in [6, 6.07) is 13.9. The van der Waals surface area contributed by atoms with Crippen molar-refractivity contribution in [3.63, 3.8) is 0 Å². The molecule has 0 aliphatic heterocycles. The molecule has 122 valence electrons. The maximum atomic E-state index is 12.2. The van der Waals surface area contributed by atoms with E-state index in [0.29, 0.717) is 16.3 Å². The molecule has 1 amide bonds. The molecule has 0 spiro atoms. The number of amides is 1. The Bertz CT molecular complexity index is 736. The second-order valence-electron chi connectivity index (χ2n) is 4.75. The van der Waals surface area contributed by atoms with E-state index in [1.807, 2.05) is 0 Å². The van der Waals surface area contributed by atoms with Gasteiger partial charge in [-0.2, -0.15) is 17.4 Å². The fraction of sp³-hybridized carbons (Fsp3) is 0.200. The van der Waals surface area contributed by atoms with Crippen LogP contribution in [0.25, 0.3) is 0 Å². The molecular formula is C15H17N3O4S. The first-order valence-electron chi connectivity index (χ1n) is 6.93. The van der Waals surface area contributed by atoms with Crippen molar-refractivity contribution >= 4 is 16.3 Å². The van der Waals surface area contributed by atoms with E-state index in [1.165, 1.54) is 0 Å². The Morgan fingerprint density at radius 1 is 1.13 bits per heavy atom. The lowest BCUT2D eigenvalue weighted by Crippen LogP contribution is -2.43. The molecule has 2 rings (SSSR count). The fourth-order valence-corrected chi connectivity index (χ4v) is 2.98. The second kappa shape index (κ2) is 7.70. The van der Waals surface area contributed by atoms with Crippen LogP contribution in [0.15, 0.2) is 54.7 Å². The van der Waals surface area contributed by atoms with Gasteiger partial charge in [-0.15, -0.1) is 0 Å². The van der Waals surface area contributed by atoms with Crippen LogP contribution in [0, 0.1) is 0 Å². The van der Waals surface area contributed by atoms with Gasteiger partial charge in [-0.3, -0.25) is 4.98 Å². The van der Waals surface area contributed by atoms with Crippen molar-refractivity contribution < 1.29 is 18.3 Å². The van der Waals surface area contributed by atoms with Crippen LogP contribution in [0.3, 0.4) is 0 Å². The number of nitrogens with one attached hydrogen (secondary N) is 1. The van der Waals surface area contributed by atoms with Gasteiger partial charge in [-0.25, -0.2) is 4.79 Å². The van der Waals surface area contributed by atoms with E-state index in [-0.39, 0.29) is 13.1 Å². The van der Waals surface area contributed by atoms with Crippen molar-refractivity contribution in [1.82, 2.24) is 14.0 Å². The van der Waals surface area contributed by atoms with Crippen molar-refractivity contribution in [1.29, 1.82) is 0 Å². The molecule has 0 atom stereocenters. The highest BCUT2D eigenvalue weighted by Gasteiger charge is 2.26. The van der Waals surface area contributed by atoms with Gasteiger partial charge in [0.2, 0.25) is 0 Å². The number of carbonyl (C=O) groups is 1. The van der Waals surface area contributed by atoms with E-state index in [4.69, 9.17) is 0 Å². The van der Waals surface area contributed by atoms with Gasteiger partial charge in [-0.1, -0.05) is 36.4 Å². The zero-order valence-electron chi connectivity index (χ0n) is 12.3. The molecule has 0 saturated carbocycles. The monoisotopic (exact) mass is 335 g/mol. The van der Waals surface area contributed by atoms with Gasteiger partial charge in [-0.05, 0) is 17.7 Å². The molecule has 0 radical (unpaired) electrons. The molecule has 23 heavy (non-hydrogen) atoms. The highest BCUT2D eigenvalue weighted by Crippen LogP contribution is 2.08. The van der Waals surface area contributed by atoms with Crippen molar-refractivity contribution in [2.45, 2.75) is 13.0 Å². The standard InChI is InChI=1S/C15H17N3O4S/c19-15(20)18(12-13-6-2-1-3-7-13)23(21,22)17-11-9-14-8-4-5-10-16-14/h1-8,10,17H,9,11-12H2,(H,19,20). The lowest BCUT2D eigenvalue weighted by atomic mass is 10.2. The van der Waals surface area contributed by atoms with E-state index in [0.717, 1.165) is 5.69 Å². The number of aromatic nitrogens is 1. The van der Waals surface area contributed by atoms with Crippen LogP contribution < -0.4 is 4.72 Å². The van der Waals surface area contributed by atoms with Gasteiger partial charge < -0.3 is 5.11 Å². The number of benzene rings is 1. The molecule has 0 saturated heterocycles. The summed E-state index contributed by atoms with van der Waals surface area (Å²) >= 11 is 0. The zero-order valence-corrected chi connectivity index (χ0v) is 13.1. The van der Waals surface area contributed by atoms with Gasteiger partial charge in [0.1, 0.15) is 0 Å². The van der Waals surface area contributed by atoms with Crippen molar-refractivity contribution in [2.24, 2.45) is 0 Å². The van der Waals surface area contributed by atoms with Crippen LogP contribution in [-0.4, -0.2) is 35.5 Å². The Hall–Kier alpha value is -2.45. The number of rotatable bonds is 7. The third kappa shape index (κ3) is 5.04. The number of carboxylic acid groups (broad SMARTS) is 1. The zero-order chi connectivity index (χ0) is 16.7. The lowest BCUT2D eigenvalue weighted by molar-refractivity contribution is 0.170. The largest absolute Gasteiger partial charge is 0.464 e. The number of hydrogen-bond acceptors (Lipinski definition) is 4. The topological polar surface area (TPSA) is 99.6 Å².